The molecule has 0 spiro atoms. The van der Waals surface area contributed by atoms with E-state index in [0.717, 1.165) is 55.3 Å². The summed E-state index contributed by atoms with van der Waals surface area (Å²) in [4.78, 5) is 36.0. The SMILES string of the molecule is O=C(Cc1csc(-c2ccsc2)n1)N1CCN(CC(=O)N2CCCCCC2)CC1. The lowest BCUT2D eigenvalue weighted by Gasteiger charge is -2.35. The number of aromatic nitrogens is 1. The lowest BCUT2D eigenvalue weighted by molar-refractivity contribution is -0.134. The van der Waals surface area contributed by atoms with E-state index >= 15 is 0 Å². The van der Waals surface area contributed by atoms with Gasteiger partial charge in [0.1, 0.15) is 5.01 Å². The van der Waals surface area contributed by atoms with Gasteiger partial charge in [0.15, 0.2) is 0 Å². The second kappa shape index (κ2) is 9.82. The summed E-state index contributed by atoms with van der Waals surface area (Å²) in [6.45, 7) is 5.20. The van der Waals surface area contributed by atoms with E-state index in [4.69, 9.17) is 0 Å². The number of likely N-dealkylation sites (tertiary alicyclic amines) is 1. The molecule has 2 fully saturated rings. The van der Waals surface area contributed by atoms with Crippen LogP contribution in [0.4, 0.5) is 0 Å². The van der Waals surface area contributed by atoms with Crippen LogP contribution < -0.4 is 0 Å². The number of thiazole rings is 1. The highest BCUT2D eigenvalue weighted by molar-refractivity contribution is 7.14. The van der Waals surface area contributed by atoms with Crippen LogP contribution in [0.1, 0.15) is 31.4 Å². The zero-order chi connectivity index (χ0) is 20.1. The van der Waals surface area contributed by atoms with Crippen LogP contribution in [0.2, 0.25) is 0 Å². The highest BCUT2D eigenvalue weighted by atomic mass is 32.1. The summed E-state index contributed by atoms with van der Waals surface area (Å²) in [5, 5.41) is 7.09. The number of piperazine rings is 1. The van der Waals surface area contributed by atoms with Crippen molar-refractivity contribution < 1.29 is 9.59 Å². The van der Waals surface area contributed by atoms with Crippen LogP contribution in [0.5, 0.6) is 0 Å². The quantitative estimate of drug-likeness (QED) is 0.729. The number of nitrogens with zero attached hydrogens (tertiary/aromatic N) is 4. The second-order valence-corrected chi connectivity index (χ2v) is 9.42. The molecule has 2 aromatic heterocycles. The molecule has 0 atom stereocenters. The molecule has 4 heterocycles. The van der Waals surface area contributed by atoms with Crippen molar-refractivity contribution in [2.24, 2.45) is 0 Å². The van der Waals surface area contributed by atoms with Crippen LogP contribution in [-0.2, 0) is 16.0 Å². The summed E-state index contributed by atoms with van der Waals surface area (Å²) in [5.41, 5.74) is 1.97. The van der Waals surface area contributed by atoms with Gasteiger partial charge in [-0.15, -0.1) is 11.3 Å². The van der Waals surface area contributed by atoms with Crippen LogP contribution in [0.25, 0.3) is 10.6 Å². The third-order valence-electron chi connectivity index (χ3n) is 5.69. The maximum absolute atomic E-state index is 12.7. The summed E-state index contributed by atoms with van der Waals surface area (Å²) in [7, 11) is 0. The van der Waals surface area contributed by atoms with Gasteiger partial charge in [0.2, 0.25) is 11.8 Å². The molecular formula is C21H28N4O2S2. The highest BCUT2D eigenvalue weighted by Gasteiger charge is 2.25. The van der Waals surface area contributed by atoms with E-state index in [-0.39, 0.29) is 11.8 Å². The summed E-state index contributed by atoms with van der Waals surface area (Å²) in [6.07, 6.45) is 5.07. The van der Waals surface area contributed by atoms with Crippen molar-refractivity contribution in [2.75, 3.05) is 45.8 Å². The van der Waals surface area contributed by atoms with E-state index in [1.54, 1.807) is 22.7 Å². The van der Waals surface area contributed by atoms with Crippen LogP contribution >= 0.6 is 22.7 Å². The van der Waals surface area contributed by atoms with Crippen molar-refractivity contribution in [1.82, 2.24) is 19.7 Å². The first-order chi connectivity index (χ1) is 14.2. The van der Waals surface area contributed by atoms with Crippen molar-refractivity contribution in [3.63, 3.8) is 0 Å². The zero-order valence-electron chi connectivity index (χ0n) is 16.7. The molecule has 29 heavy (non-hydrogen) atoms. The van der Waals surface area contributed by atoms with Gasteiger partial charge in [0.05, 0.1) is 18.7 Å². The molecule has 6 nitrogen and oxygen atoms in total. The molecule has 0 N–H and O–H groups in total. The zero-order valence-corrected chi connectivity index (χ0v) is 18.3. The maximum Gasteiger partial charge on any atom is 0.236 e. The van der Waals surface area contributed by atoms with Gasteiger partial charge in [-0.25, -0.2) is 4.98 Å². The Labute approximate surface area is 180 Å². The van der Waals surface area contributed by atoms with Gasteiger partial charge < -0.3 is 9.80 Å². The topological polar surface area (TPSA) is 56.8 Å². The molecule has 0 saturated carbocycles. The Balaban J connectivity index is 1.23. The lowest BCUT2D eigenvalue weighted by atomic mass is 10.2. The molecule has 8 heteroatoms. The minimum atomic E-state index is 0.130. The first-order valence-electron chi connectivity index (χ1n) is 10.4. The molecular weight excluding hydrogens is 404 g/mol. The van der Waals surface area contributed by atoms with Crippen molar-refractivity contribution in [3.8, 4) is 10.6 Å². The molecule has 4 rings (SSSR count). The third-order valence-corrected chi connectivity index (χ3v) is 7.32. The van der Waals surface area contributed by atoms with Crippen molar-refractivity contribution in [2.45, 2.75) is 32.1 Å². The summed E-state index contributed by atoms with van der Waals surface area (Å²) >= 11 is 3.25. The van der Waals surface area contributed by atoms with Gasteiger partial charge in [0.25, 0.3) is 0 Å². The molecule has 0 unspecified atom stereocenters. The summed E-state index contributed by atoms with van der Waals surface area (Å²) < 4.78 is 0. The van der Waals surface area contributed by atoms with Crippen LogP contribution in [-0.4, -0.2) is 77.3 Å². The van der Waals surface area contributed by atoms with Crippen LogP contribution in [0.15, 0.2) is 22.2 Å². The smallest absolute Gasteiger partial charge is 0.236 e. The molecule has 2 aliphatic heterocycles. The average molecular weight is 433 g/mol. The second-order valence-electron chi connectivity index (χ2n) is 7.78. The number of hydrogen-bond donors (Lipinski definition) is 0. The van der Waals surface area contributed by atoms with Gasteiger partial charge in [-0.1, -0.05) is 12.8 Å². The minimum absolute atomic E-state index is 0.130. The third kappa shape index (κ3) is 5.43. The number of carbonyl (C=O) groups excluding carboxylic acids is 2. The van der Waals surface area contributed by atoms with Crippen molar-refractivity contribution in [3.05, 3.63) is 27.9 Å². The maximum atomic E-state index is 12.7. The molecule has 2 saturated heterocycles. The van der Waals surface area contributed by atoms with Gasteiger partial charge in [-0.05, 0) is 24.3 Å². The Kier molecular flexibility index (Phi) is 6.94. The lowest BCUT2D eigenvalue weighted by Crippen LogP contribution is -2.52. The fourth-order valence-electron chi connectivity index (χ4n) is 3.94. The highest BCUT2D eigenvalue weighted by Crippen LogP contribution is 2.26. The van der Waals surface area contributed by atoms with Gasteiger partial charge in [-0.2, -0.15) is 11.3 Å². The number of carbonyl (C=O) groups is 2. The number of amides is 2. The van der Waals surface area contributed by atoms with Crippen molar-refractivity contribution in [1.29, 1.82) is 0 Å². The molecule has 156 valence electrons. The predicted molar refractivity (Wildman–Crippen MR) is 117 cm³/mol. The largest absolute Gasteiger partial charge is 0.342 e. The Morgan fingerprint density at radius 3 is 2.31 bits per heavy atom. The molecule has 2 aliphatic rings. The van der Waals surface area contributed by atoms with E-state index in [2.05, 4.69) is 21.3 Å². The molecule has 0 radical (unpaired) electrons. The van der Waals surface area contributed by atoms with Crippen molar-refractivity contribution >= 4 is 34.5 Å². The Bertz CT molecular complexity index is 805. The number of thiophene rings is 1. The number of hydrogen-bond acceptors (Lipinski definition) is 6. The summed E-state index contributed by atoms with van der Waals surface area (Å²) in [6, 6.07) is 2.06. The molecule has 2 aromatic rings. The Morgan fingerprint density at radius 2 is 1.62 bits per heavy atom. The summed E-state index contributed by atoms with van der Waals surface area (Å²) in [5.74, 6) is 0.376. The average Bonchev–Trinajstić information content (AvgIpc) is 3.34. The fraction of sp³-hybridized carbons (Fsp3) is 0.571. The van der Waals surface area contributed by atoms with E-state index in [1.165, 1.54) is 12.8 Å². The first kappa shape index (κ1) is 20.5. The fourth-order valence-corrected chi connectivity index (χ4v) is 5.47. The Hall–Kier alpha value is -1.77. The first-order valence-corrected chi connectivity index (χ1v) is 12.3. The normalized spacial score (nSPS) is 18.6. The molecule has 0 bridgehead atoms. The van der Waals surface area contributed by atoms with Crippen LogP contribution in [0, 0.1) is 0 Å². The van der Waals surface area contributed by atoms with Gasteiger partial charge >= 0.3 is 0 Å². The monoisotopic (exact) mass is 432 g/mol. The Morgan fingerprint density at radius 1 is 0.897 bits per heavy atom. The number of rotatable bonds is 5. The predicted octanol–water partition coefficient (Wildman–Crippen LogP) is 2.96. The van der Waals surface area contributed by atoms with Gasteiger partial charge in [0, 0.05) is 55.6 Å². The van der Waals surface area contributed by atoms with E-state index in [0.29, 0.717) is 26.1 Å². The van der Waals surface area contributed by atoms with E-state index < -0.39 is 0 Å². The standard InChI is InChI=1S/C21H28N4O2S2/c26-19(13-18-16-29-21(22-18)17-5-12-28-15-17)25-10-8-23(9-11-25)14-20(27)24-6-3-1-2-4-7-24/h5,12,15-16H,1-4,6-11,13-14H2. The van der Waals surface area contributed by atoms with E-state index in [9.17, 15) is 9.59 Å². The molecule has 2 amide bonds. The molecule has 0 aromatic carbocycles. The van der Waals surface area contributed by atoms with Gasteiger partial charge in [-0.3, -0.25) is 14.5 Å². The minimum Gasteiger partial charge on any atom is -0.342 e. The molecule has 0 aliphatic carbocycles. The van der Waals surface area contributed by atoms with Crippen LogP contribution in [0.3, 0.4) is 0 Å². The van der Waals surface area contributed by atoms with E-state index in [1.807, 2.05) is 20.6 Å².